The molecule has 0 bridgehead atoms. The molecule has 0 radical (unpaired) electrons. The maximum atomic E-state index is 8.37. The Hall–Kier alpha value is -0.200. The van der Waals surface area contributed by atoms with E-state index in [1.54, 1.807) is 11.8 Å². The molecule has 2 N–H and O–H groups in total. The molecule has 0 amide bonds. The van der Waals surface area contributed by atoms with Gasteiger partial charge in [-0.3, -0.25) is 0 Å². The van der Waals surface area contributed by atoms with Crippen LogP contribution in [0.1, 0.15) is 13.8 Å². The number of hydrogen-bond donors (Lipinski definition) is 1. The summed E-state index contributed by atoms with van der Waals surface area (Å²) in [6.45, 7) is 4.56. The van der Waals surface area contributed by atoms with Crippen LogP contribution in [0.25, 0.3) is 0 Å². The van der Waals surface area contributed by atoms with Gasteiger partial charge in [0.2, 0.25) is 0 Å². The second kappa shape index (κ2) is 4.66. The van der Waals surface area contributed by atoms with Crippen molar-refractivity contribution < 1.29 is 0 Å². The normalized spacial score (nSPS) is 16.2. The molecule has 2 nitrogen and oxygen atoms in total. The maximum absolute atomic E-state index is 8.37. The van der Waals surface area contributed by atoms with Gasteiger partial charge in [0.05, 0.1) is 11.3 Å². The number of nitrogens with zero attached hydrogens (tertiary/aromatic N) is 1. The van der Waals surface area contributed by atoms with E-state index in [1.807, 2.05) is 13.8 Å². The molecule has 52 valence electrons. The van der Waals surface area contributed by atoms with Crippen LogP contribution in [0.5, 0.6) is 0 Å². The lowest BCUT2D eigenvalue weighted by atomic mass is 10.5. The van der Waals surface area contributed by atoms with Gasteiger partial charge in [-0.1, -0.05) is 6.92 Å². The molecule has 2 unspecified atom stereocenters. The summed E-state index contributed by atoms with van der Waals surface area (Å²) in [4.78, 5) is 0. The Morgan fingerprint density at radius 2 is 2.22 bits per heavy atom. The molecule has 0 aliphatic heterocycles. The van der Waals surface area contributed by atoms with Crippen LogP contribution in [0.3, 0.4) is 0 Å². The van der Waals surface area contributed by atoms with E-state index in [9.17, 15) is 0 Å². The van der Waals surface area contributed by atoms with Crippen molar-refractivity contribution in [2.75, 3.05) is 6.54 Å². The Bertz CT molecular complexity index is 108. The minimum atomic E-state index is 0.0727. The van der Waals surface area contributed by atoms with Gasteiger partial charge in [-0.05, 0) is 6.92 Å². The summed E-state index contributed by atoms with van der Waals surface area (Å²) in [6.07, 6.45) is 0. The Labute approximate surface area is 60.4 Å². The minimum Gasteiger partial charge on any atom is -0.329 e. The Morgan fingerprint density at radius 1 is 1.67 bits per heavy atom. The average molecular weight is 144 g/mol. The molecular weight excluding hydrogens is 132 g/mol. The standard InChI is InChI=1S/C6H12N2S/c1-5(3-7)9-6(2)4-8/h5-6H,3,7H2,1-2H3. The largest absolute Gasteiger partial charge is 0.329 e. The smallest absolute Gasteiger partial charge is 0.0891 e. The second-order valence-electron chi connectivity index (χ2n) is 1.95. The summed E-state index contributed by atoms with van der Waals surface area (Å²) in [6, 6.07) is 2.14. The number of nitriles is 1. The van der Waals surface area contributed by atoms with Crippen molar-refractivity contribution >= 4 is 11.8 Å². The predicted octanol–water partition coefficient (Wildman–Crippen LogP) is 0.979. The molecule has 0 heterocycles. The van der Waals surface area contributed by atoms with Gasteiger partial charge in [-0.15, -0.1) is 11.8 Å². The number of nitrogens with two attached hydrogens (primary N) is 1. The molecule has 0 rings (SSSR count). The minimum absolute atomic E-state index is 0.0727. The van der Waals surface area contributed by atoms with Crippen LogP contribution < -0.4 is 5.73 Å². The summed E-state index contributed by atoms with van der Waals surface area (Å²) in [5.74, 6) is 0. The maximum Gasteiger partial charge on any atom is 0.0891 e. The van der Waals surface area contributed by atoms with Crippen LogP contribution in [-0.2, 0) is 0 Å². The van der Waals surface area contributed by atoms with E-state index < -0.39 is 0 Å². The zero-order valence-electron chi connectivity index (χ0n) is 5.79. The Morgan fingerprint density at radius 3 is 2.56 bits per heavy atom. The summed E-state index contributed by atoms with van der Waals surface area (Å²) in [5.41, 5.74) is 5.34. The summed E-state index contributed by atoms with van der Waals surface area (Å²) in [7, 11) is 0. The van der Waals surface area contributed by atoms with Gasteiger partial charge in [-0.2, -0.15) is 5.26 Å². The number of rotatable bonds is 3. The van der Waals surface area contributed by atoms with Crippen molar-refractivity contribution in [1.29, 1.82) is 5.26 Å². The Balaban J connectivity index is 3.37. The molecule has 0 aliphatic carbocycles. The highest BCUT2D eigenvalue weighted by molar-refractivity contribution is 8.00. The third kappa shape index (κ3) is 4.31. The molecule has 0 fully saturated rings. The van der Waals surface area contributed by atoms with E-state index in [2.05, 4.69) is 6.07 Å². The third-order valence-corrected chi connectivity index (χ3v) is 2.12. The van der Waals surface area contributed by atoms with Gasteiger partial charge < -0.3 is 5.73 Å². The van der Waals surface area contributed by atoms with Gasteiger partial charge in [-0.25, -0.2) is 0 Å². The van der Waals surface area contributed by atoms with Crippen LogP contribution in [0, 0.1) is 11.3 Å². The lowest BCUT2D eigenvalue weighted by molar-refractivity contribution is 0.946. The van der Waals surface area contributed by atoms with Crippen molar-refractivity contribution in [3.8, 4) is 6.07 Å². The van der Waals surface area contributed by atoms with Gasteiger partial charge >= 0.3 is 0 Å². The molecule has 0 aliphatic rings. The SMILES string of the molecule is CC(C#N)SC(C)CN. The van der Waals surface area contributed by atoms with Crippen LogP contribution in [0.4, 0.5) is 0 Å². The topological polar surface area (TPSA) is 49.8 Å². The number of thioether (sulfide) groups is 1. The van der Waals surface area contributed by atoms with Crippen LogP contribution >= 0.6 is 11.8 Å². The van der Waals surface area contributed by atoms with Crippen LogP contribution in [0.2, 0.25) is 0 Å². The van der Waals surface area contributed by atoms with Crippen molar-refractivity contribution in [2.45, 2.75) is 24.3 Å². The van der Waals surface area contributed by atoms with Crippen molar-refractivity contribution in [3.05, 3.63) is 0 Å². The zero-order chi connectivity index (χ0) is 7.28. The Kier molecular flexibility index (Phi) is 4.55. The third-order valence-electron chi connectivity index (χ3n) is 0.950. The first-order valence-electron chi connectivity index (χ1n) is 2.95. The fraction of sp³-hybridized carbons (Fsp3) is 0.833. The first-order chi connectivity index (χ1) is 4.20. The van der Waals surface area contributed by atoms with Gasteiger partial charge in [0, 0.05) is 11.8 Å². The molecular formula is C6H12N2S. The van der Waals surface area contributed by atoms with E-state index in [-0.39, 0.29) is 5.25 Å². The average Bonchev–Trinajstić information content (AvgIpc) is 1.87. The van der Waals surface area contributed by atoms with Crippen molar-refractivity contribution in [1.82, 2.24) is 0 Å². The van der Waals surface area contributed by atoms with Gasteiger partial charge in [0.15, 0.2) is 0 Å². The summed E-state index contributed by atoms with van der Waals surface area (Å²) >= 11 is 1.61. The first-order valence-corrected chi connectivity index (χ1v) is 3.90. The van der Waals surface area contributed by atoms with Crippen molar-refractivity contribution in [3.63, 3.8) is 0 Å². The highest BCUT2D eigenvalue weighted by Crippen LogP contribution is 2.14. The fourth-order valence-electron chi connectivity index (χ4n) is 0.434. The quantitative estimate of drug-likeness (QED) is 0.642. The van der Waals surface area contributed by atoms with E-state index >= 15 is 0 Å². The highest BCUT2D eigenvalue weighted by atomic mass is 32.2. The molecule has 0 aromatic carbocycles. The van der Waals surface area contributed by atoms with Crippen molar-refractivity contribution in [2.24, 2.45) is 5.73 Å². The highest BCUT2D eigenvalue weighted by Gasteiger charge is 2.04. The summed E-state index contributed by atoms with van der Waals surface area (Å²) < 4.78 is 0. The van der Waals surface area contributed by atoms with E-state index in [0.29, 0.717) is 11.8 Å². The van der Waals surface area contributed by atoms with E-state index in [4.69, 9.17) is 11.0 Å². The molecule has 9 heavy (non-hydrogen) atoms. The van der Waals surface area contributed by atoms with Crippen LogP contribution in [0.15, 0.2) is 0 Å². The summed E-state index contributed by atoms with van der Waals surface area (Å²) in [5, 5.41) is 8.84. The van der Waals surface area contributed by atoms with Gasteiger partial charge in [0.25, 0.3) is 0 Å². The second-order valence-corrected chi connectivity index (χ2v) is 3.74. The first kappa shape index (κ1) is 8.80. The fourth-order valence-corrected chi connectivity index (χ4v) is 1.30. The van der Waals surface area contributed by atoms with E-state index in [0.717, 1.165) is 0 Å². The molecule has 3 heteroatoms. The lowest BCUT2D eigenvalue weighted by Crippen LogP contribution is -2.15. The molecule has 2 atom stereocenters. The molecule has 0 aromatic heterocycles. The molecule has 0 saturated carbocycles. The van der Waals surface area contributed by atoms with Crippen LogP contribution in [-0.4, -0.2) is 17.0 Å². The van der Waals surface area contributed by atoms with Gasteiger partial charge in [0.1, 0.15) is 0 Å². The lowest BCUT2D eigenvalue weighted by Gasteiger charge is -2.07. The zero-order valence-corrected chi connectivity index (χ0v) is 6.61. The van der Waals surface area contributed by atoms with E-state index in [1.165, 1.54) is 0 Å². The number of hydrogen-bond acceptors (Lipinski definition) is 3. The molecule has 0 aromatic rings. The molecule has 0 saturated heterocycles. The molecule has 0 spiro atoms. The monoisotopic (exact) mass is 144 g/mol. The predicted molar refractivity (Wildman–Crippen MR) is 41.2 cm³/mol.